The summed E-state index contributed by atoms with van der Waals surface area (Å²) in [6.07, 6.45) is 2.39. The first-order valence-corrected chi connectivity index (χ1v) is 6.11. The van der Waals surface area contributed by atoms with Gasteiger partial charge in [0.05, 0.1) is 6.61 Å². The fraction of sp³-hybridized carbons (Fsp3) is 0.455. The van der Waals surface area contributed by atoms with Gasteiger partial charge in [-0.3, -0.25) is 0 Å². The molecule has 0 N–H and O–H groups in total. The van der Waals surface area contributed by atoms with Crippen LogP contribution in [0.25, 0.3) is 0 Å². The van der Waals surface area contributed by atoms with Crippen LogP contribution in [0.15, 0.2) is 24.3 Å². The monoisotopic (exact) mass is 290 g/mol. The lowest BCUT2D eigenvalue weighted by molar-refractivity contribution is 0.308. The molecule has 1 aromatic carbocycles. The maximum atomic E-state index is 5.64. The smallest absolute Gasteiger partial charge is 0.122 e. The molecule has 0 aromatic heterocycles. The minimum atomic E-state index is 0.841. The molecule has 0 radical (unpaired) electrons. The molecule has 1 nitrogen and oxygen atoms in total. The van der Waals surface area contributed by atoms with Gasteiger partial charge in [0.2, 0.25) is 0 Å². The van der Waals surface area contributed by atoms with Crippen LogP contribution in [0.5, 0.6) is 5.75 Å². The number of alkyl halides is 1. The fourth-order valence-corrected chi connectivity index (χ4v) is 1.64. The van der Waals surface area contributed by atoms with Crippen molar-refractivity contribution in [1.82, 2.24) is 0 Å². The largest absolute Gasteiger partial charge is 0.493 e. The van der Waals surface area contributed by atoms with E-state index < -0.39 is 0 Å². The molecule has 0 bridgehead atoms. The molecule has 13 heavy (non-hydrogen) atoms. The zero-order chi connectivity index (χ0) is 9.52. The summed E-state index contributed by atoms with van der Waals surface area (Å²) in [4.78, 5) is 0. The third kappa shape index (κ3) is 3.98. The average Bonchev–Trinajstić information content (AvgIpc) is 2.15. The number of hydrogen-bond acceptors (Lipinski definition) is 1. The van der Waals surface area contributed by atoms with E-state index in [-0.39, 0.29) is 0 Å². The lowest BCUT2D eigenvalue weighted by Crippen LogP contribution is -1.98. The Morgan fingerprint density at radius 1 is 1.23 bits per heavy atom. The van der Waals surface area contributed by atoms with Crippen molar-refractivity contribution in [2.75, 3.05) is 11.0 Å². The maximum absolute atomic E-state index is 5.64. The van der Waals surface area contributed by atoms with Crippen LogP contribution in [0.1, 0.15) is 18.4 Å². The summed E-state index contributed by atoms with van der Waals surface area (Å²) in [7, 11) is 0. The van der Waals surface area contributed by atoms with Gasteiger partial charge in [0.1, 0.15) is 5.75 Å². The van der Waals surface area contributed by atoms with Gasteiger partial charge in [0.15, 0.2) is 0 Å². The molecule has 0 spiro atoms. The van der Waals surface area contributed by atoms with E-state index in [1.165, 1.54) is 16.4 Å². The minimum absolute atomic E-state index is 0.841. The summed E-state index contributed by atoms with van der Waals surface area (Å²) >= 11 is 2.39. The Balaban J connectivity index is 2.32. The van der Waals surface area contributed by atoms with Gasteiger partial charge in [-0.2, -0.15) is 0 Å². The molecule has 1 aromatic rings. The van der Waals surface area contributed by atoms with Crippen LogP contribution in [0.2, 0.25) is 0 Å². The molecule has 0 fully saturated rings. The molecule has 0 unspecified atom stereocenters. The van der Waals surface area contributed by atoms with E-state index in [1.807, 2.05) is 18.2 Å². The van der Waals surface area contributed by atoms with Gasteiger partial charge in [-0.1, -0.05) is 40.8 Å². The van der Waals surface area contributed by atoms with E-state index >= 15 is 0 Å². The Morgan fingerprint density at radius 2 is 2.00 bits per heavy atom. The number of para-hydroxylation sites is 1. The molecule has 0 saturated carbocycles. The highest BCUT2D eigenvalue weighted by molar-refractivity contribution is 14.1. The second-order valence-corrected chi connectivity index (χ2v) is 4.09. The van der Waals surface area contributed by atoms with Crippen molar-refractivity contribution in [2.24, 2.45) is 0 Å². The quantitative estimate of drug-likeness (QED) is 0.457. The van der Waals surface area contributed by atoms with Crippen molar-refractivity contribution in [3.63, 3.8) is 0 Å². The molecule has 0 aliphatic carbocycles. The van der Waals surface area contributed by atoms with E-state index in [1.54, 1.807) is 0 Å². The summed E-state index contributed by atoms with van der Waals surface area (Å²) < 4.78 is 6.85. The highest BCUT2D eigenvalue weighted by Gasteiger charge is 1.96. The first kappa shape index (κ1) is 10.8. The molecular formula is C11H15IO. The van der Waals surface area contributed by atoms with Gasteiger partial charge in [-0.05, 0) is 35.8 Å². The van der Waals surface area contributed by atoms with E-state index in [0.29, 0.717) is 0 Å². The second kappa shape index (κ2) is 6.24. The second-order valence-electron chi connectivity index (χ2n) is 3.01. The predicted octanol–water partition coefficient (Wildman–Crippen LogP) is 3.59. The number of hydrogen-bond donors (Lipinski definition) is 0. The standard InChI is InChI=1S/C11H15IO/c1-10-6-2-3-7-11(10)13-9-5-4-8-12/h2-3,6-7H,4-5,8-9H2,1H3. The van der Waals surface area contributed by atoms with Crippen molar-refractivity contribution in [3.8, 4) is 5.75 Å². The first-order chi connectivity index (χ1) is 6.34. The summed E-state index contributed by atoms with van der Waals surface area (Å²) in [6, 6.07) is 8.15. The normalized spacial score (nSPS) is 10.0. The van der Waals surface area contributed by atoms with Crippen LogP contribution in [0, 0.1) is 6.92 Å². The van der Waals surface area contributed by atoms with E-state index in [9.17, 15) is 0 Å². The third-order valence-electron chi connectivity index (χ3n) is 1.88. The molecule has 1 rings (SSSR count). The van der Waals surface area contributed by atoms with E-state index in [2.05, 4.69) is 35.6 Å². The number of aryl methyl sites for hydroxylation is 1. The molecule has 72 valence electrons. The topological polar surface area (TPSA) is 9.23 Å². The van der Waals surface area contributed by atoms with Crippen molar-refractivity contribution in [3.05, 3.63) is 29.8 Å². The van der Waals surface area contributed by atoms with Crippen molar-refractivity contribution in [2.45, 2.75) is 19.8 Å². The Morgan fingerprint density at radius 3 is 2.69 bits per heavy atom. The molecule has 0 saturated heterocycles. The molecule has 0 heterocycles. The van der Waals surface area contributed by atoms with Crippen molar-refractivity contribution in [1.29, 1.82) is 0 Å². The Labute approximate surface area is 93.6 Å². The number of halogens is 1. The number of ether oxygens (including phenoxy) is 1. The summed E-state index contributed by atoms with van der Waals surface area (Å²) in [6.45, 7) is 2.92. The summed E-state index contributed by atoms with van der Waals surface area (Å²) in [5, 5.41) is 0. The Bertz CT molecular complexity index is 248. The molecule has 0 aliphatic heterocycles. The van der Waals surface area contributed by atoms with E-state index in [0.717, 1.165) is 18.8 Å². The Hall–Kier alpha value is -0.250. The first-order valence-electron chi connectivity index (χ1n) is 4.59. The zero-order valence-corrected chi connectivity index (χ0v) is 10.1. The SMILES string of the molecule is Cc1ccccc1OCCCCI. The highest BCUT2D eigenvalue weighted by atomic mass is 127. The molecule has 0 amide bonds. The fourth-order valence-electron chi connectivity index (χ4n) is 1.10. The van der Waals surface area contributed by atoms with Gasteiger partial charge >= 0.3 is 0 Å². The summed E-state index contributed by atoms with van der Waals surface area (Å²) in [5.41, 5.74) is 1.22. The van der Waals surface area contributed by atoms with Gasteiger partial charge in [0, 0.05) is 0 Å². The molecule has 2 heteroatoms. The third-order valence-corrected chi connectivity index (χ3v) is 2.64. The van der Waals surface area contributed by atoms with Crippen LogP contribution in [0.3, 0.4) is 0 Å². The van der Waals surface area contributed by atoms with Crippen molar-refractivity contribution >= 4 is 22.6 Å². The number of unbranched alkanes of at least 4 members (excludes halogenated alkanes) is 1. The Kier molecular flexibility index (Phi) is 5.20. The molecule has 0 atom stereocenters. The average molecular weight is 290 g/mol. The van der Waals surface area contributed by atoms with Crippen LogP contribution in [-0.2, 0) is 0 Å². The van der Waals surface area contributed by atoms with Gasteiger partial charge in [-0.25, -0.2) is 0 Å². The predicted molar refractivity (Wildman–Crippen MR) is 64.8 cm³/mol. The van der Waals surface area contributed by atoms with Crippen LogP contribution >= 0.6 is 22.6 Å². The summed E-state index contributed by atoms with van der Waals surface area (Å²) in [5.74, 6) is 1.02. The van der Waals surface area contributed by atoms with Gasteiger partial charge in [0.25, 0.3) is 0 Å². The minimum Gasteiger partial charge on any atom is -0.493 e. The van der Waals surface area contributed by atoms with Crippen LogP contribution in [0.4, 0.5) is 0 Å². The number of rotatable bonds is 5. The maximum Gasteiger partial charge on any atom is 0.122 e. The van der Waals surface area contributed by atoms with Crippen molar-refractivity contribution < 1.29 is 4.74 Å². The highest BCUT2D eigenvalue weighted by Crippen LogP contribution is 2.16. The zero-order valence-electron chi connectivity index (χ0n) is 7.92. The lowest BCUT2D eigenvalue weighted by Gasteiger charge is -2.07. The van der Waals surface area contributed by atoms with Crippen LogP contribution < -0.4 is 4.74 Å². The van der Waals surface area contributed by atoms with E-state index in [4.69, 9.17) is 4.74 Å². The van der Waals surface area contributed by atoms with Gasteiger partial charge < -0.3 is 4.74 Å². The molecular weight excluding hydrogens is 275 g/mol. The van der Waals surface area contributed by atoms with Gasteiger partial charge in [-0.15, -0.1) is 0 Å². The molecule has 0 aliphatic rings. The number of benzene rings is 1. The van der Waals surface area contributed by atoms with Crippen LogP contribution in [-0.4, -0.2) is 11.0 Å². The lowest BCUT2D eigenvalue weighted by atomic mass is 10.2.